The van der Waals surface area contributed by atoms with Crippen molar-refractivity contribution in [2.24, 2.45) is 0 Å². The summed E-state index contributed by atoms with van der Waals surface area (Å²) in [6.45, 7) is 3.97. The molecule has 0 rings (SSSR count). The largest absolute Gasteiger partial charge is 0.296 e. The predicted molar refractivity (Wildman–Crippen MR) is 50.8 cm³/mol. The Kier molecular flexibility index (Phi) is 3.99. The van der Waals surface area contributed by atoms with Crippen LogP contribution in [0.4, 0.5) is 0 Å². The third-order valence-corrected chi connectivity index (χ3v) is 2.58. The molecule has 0 aromatic rings. The van der Waals surface area contributed by atoms with E-state index in [4.69, 9.17) is 6.42 Å². The zero-order valence-corrected chi connectivity index (χ0v) is 8.35. The van der Waals surface area contributed by atoms with Gasteiger partial charge in [-0.3, -0.25) is 9.69 Å². The molecular weight excluding hydrogens is 150 g/mol. The summed E-state index contributed by atoms with van der Waals surface area (Å²) in [5, 5.41) is 0. The molecule has 0 atom stereocenters. The van der Waals surface area contributed by atoms with Gasteiger partial charge in [0.25, 0.3) is 0 Å². The average Bonchev–Trinajstić information content (AvgIpc) is 2.06. The zero-order valence-electron chi connectivity index (χ0n) is 8.35. The number of carbonyl (C=O) groups is 1. The van der Waals surface area contributed by atoms with E-state index in [1.54, 1.807) is 0 Å². The van der Waals surface area contributed by atoms with E-state index < -0.39 is 5.54 Å². The second-order valence-corrected chi connectivity index (χ2v) is 3.11. The minimum atomic E-state index is -0.450. The van der Waals surface area contributed by atoms with Crippen molar-refractivity contribution < 1.29 is 4.79 Å². The summed E-state index contributed by atoms with van der Waals surface area (Å²) in [7, 11) is 3.78. The summed E-state index contributed by atoms with van der Waals surface area (Å²) < 4.78 is 0. The second-order valence-electron chi connectivity index (χ2n) is 3.11. The number of hydrogen-bond donors (Lipinski definition) is 0. The summed E-state index contributed by atoms with van der Waals surface area (Å²) in [5.41, 5.74) is -0.450. The molecule has 0 radical (unpaired) electrons. The number of carbonyl (C=O) groups excluding carboxylic acids is 1. The minimum absolute atomic E-state index is 0.113. The maximum atomic E-state index is 11.5. The van der Waals surface area contributed by atoms with E-state index >= 15 is 0 Å². The van der Waals surface area contributed by atoms with E-state index in [0.29, 0.717) is 0 Å². The van der Waals surface area contributed by atoms with Crippen LogP contribution in [0.2, 0.25) is 0 Å². The lowest BCUT2D eigenvalue weighted by Crippen LogP contribution is -2.49. The van der Waals surface area contributed by atoms with Crippen LogP contribution in [0, 0.1) is 12.3 Å². The molecule has 0 aromatic heterocycles. The smallest absolute Gasteiger partial charge is 0.225 e. The number of rotatable bonds is 4. The highest BCUT2D eigenvalue weighted by atomic mass is 16.1. The van der Waals surface area contributed by atoms with Gasteiger partial charge in [0.1, 0.15) is 0 Å². The summed E-state index contributed by atoms with van der Waals surface area (Å²) in [6, 6.07) is 0. The van der Waals surface area contributed by atoms with E-state index in [0.717, 1.165) is 12.8 Å². The number of likely N-dealkylation sites (N-methyl/N-ethyl adjacent to an activating group) is 1. The summed E-state index contributed by atoms with van der Waals surface area (Å²) >= 11 is 0. The molecule has 0 fully saturated rings. The lowest BCUT2D eigenvalue weighted by molar-refractivity contribution is -0.124. The molecule has 0 aromatic carbocycles. The van der Waals surface area contributed by atoms with Gasteiger partial charge in [0.05, 0.1) is 5.54 Å². The van der Waals surface area contributed by atoms with Crippen molar-refractivity contribution >= 4 is 5.78 Å². The molecule has 12 heavy (non-hydrogen) atoms. The first-order valence-electron chi connectivity index (χ1n) is 4.23. The van der Waals surface area contributed by atoms with Crippen molar-refractivity contribution in [2.45, 2.75) is 32.2 Å². The highest BCUT2D eigenvalue weighted by molar-refractivity contribution is 6.02. The molecule has 0 bridgehead atoms. The standard InChI is InChI=1S/C10H17NO/c1-6-9(12)10(7-2,8-3)11(4)5/h1H,7-8H2,2-5H3. The zero-order chi connectivity index (χ0) is 9.78. The van der Waals surface area contributed by atoms with Crippen LogP contribution >= 0.6 is 0 Å². The molecule has 0 aliphatic heterocycles. The number of Topliss-reactive ketones (excluding diaryl/α,β-unsaturated/α-hetero) is 1. The molecule has 0 heterocycles. The average molecular weight is 167 g/mol. The SMILES string of the molecule is C#CC(=O)C(CC)(CC)N(C)C. The topological polar surface area (TPSA) is 20.3 Å². The molecule has 2 heteroatoms. The van der Waals surface area contributed by atoms with Gasteiger partial charge in [0.15, 0.2) is 0 Å². The van der Waals surface area contributed by atoms with Gasteiger partial charge in [0, 0.05) is 0 Å². The Balaban J connectivity index is 4.85. The van der Waals surface area contributed by atoms with Crippen LogP contribution in [0.5, 0.6) is 0 Å². The number of hydrogen-bond acceptors (Lipinski definition) is 2. The first-order valence-corrected chi connectivity index (χ1v) is 4.23. The van der Waals surface area contributed by atoms with Gasteiger partial charge < -0.3 is 0 Å². The van der Waals surface area contributed by atoms with Gasteiger partial charge in [0.2, 0.25) is 5.78 Å². The van der Waals surface area contributed by atoms with Crippen molar-refractivity contribution in [2.75, 3.05) is 14.1 Å². The molecule has 0 spiro atoms. The van der Waals surface area contributed by atoms with Crippen molar-refractivity contribution in [3.63, 3.8) is 0 Å². The highest BCUT2D eigenvalue weighted by Crippen LogP contribution is 2.21. The fourth-order valence-electron chi connectivity index (χ4n) is 1.54. The van der Waals surface area contributed by atoms with Crippen LogP contribution < -0.4 is 0 Å². The Hall–Kier alpha value is -0.810. The Morgan fingerprint density at radius 2 is 1.83 bits per heavy atom. The van der Waals surface area contributed by atoms with Crippen molar-refractivity contribution in [3.8, 4) is 12.3 Å². The quantitative estimate of drug-likeness (QED) is 0.465. The highest BCUT2D eigenvalue weighted by Gasteiger charge is 2.35. The van der Waals surface area contributed by atoms with Crippen molar-refractivity contribution in [3.05, 3.63) is 0 Å². The Labute approximate surface area is 74.9 Å². The van der Waals surface area contributed by atoms with Gasteiger partial charge in [-0.25, -0.2) is 0 Å². The normalized spacial score (nSPS) is 11.3. The summed E-state index contributed by atoms with van der Waals surface area (Å²) in [4.78, 5) is 13.4. The van der Waals surface area contributed by atoms with Gasteiger partial charge in [-0.1, -0.05) is 13.8 Å². The monoisotopic (exact) mass is 167 g/mol. The molecule has 0 saturated carbocycles. The van der Waals surface area contributed by atoms with Crippen molar-refractivity contribution in [1.29, 1.82) is 0 Å². The molecule has 68 valence electrons. The Morgan fingerprint density at radius 3 is 1.92 bits per heavy atom. The van der Waals surface area contributed by atoms with E-state index in [2.05, 4.69) is 5.92 Å². The maximum Gasteiger partial charge on any atom is 0.225 e. The van der Waals surface area contributed by atoms with Gasteiger partial charge >= 0.3 is 0 Å². The molecule has 0 N–H and O–H groups in total. The first-order chi connectivity index (χ1) is 5.55. The second kappa shape index (κ2) is 4.27. The van der Waals surface area contributed by atoms with Crippen LogP contribution in [-0.2, 0) is 4.79 Å². The number of terminal acetylenes is 1. The molecular formula is C10H17NO. The summed E-state index contributed by atoms with van der Waals surface area (Å²) in [6.07, 6.45) is 6.65. The van der Waals surface area contributed by atoms with E-state index in [1.165, 1.54) is 0 Å². The number of nitrogens with zero attached hydrogens (tertiary/aromatic N) is 1. The van der Waals surface area contributed by atoms with Crippen molar-refractivity contribution in [1.82, 2.24) is 4.90 Å². The van der Waals surface area contributed by atoms with E-state index in [9.17, 15) is 4.79 Å². The van der Waals surface area contributed by atoms with E-state index in [-0.39, 0.29) is 5.78 Å². The molecule has 0 aliphatic rings. The molecule has 0 amide bonds. The van der Waals surface area contributed by atoms with Gasteiger partial charge in [-0.05, 0) is 32.9 Å². The fourth-order valence-corrected chi connectivity index (χ4v) is 1.54. The predicted octanol–water partition coefficient (Wildman–Crippen LogP) is 1.31. The summed E-state index contributed by atoms with van der Waals surface area (Å²) in [5.74, 6) is 2.10. The Bertz CT molecular complexity index is 196. The third kappa shape index (κ3) is 1.67. The molecule has 0 unspecified atom stereocenters. The number of ketones is 1. The lowest BCUT2D eigenvalue weighted by atomic mass is 9.87. The molecule has 0 saturated heterocycles. The minimum Gasteiger partial charge on any atom is -0.296 e. The molecule has 0 aliphatic carbocycles. The Morgan fingerprint density at radius 1 is 1.42 bits per heavy atom. The first kappa shape index (κ1) is 11.2. The third-order valence-electron chi connectivity index (χ3n) is 2.58. The van der Waals surface area contributed by atoms with Crippen LogP contribution in [0.1, 0.15) is 26.7 Å². The van der Waals surface area contributed by atoms with Crippen LogP contribution in [0.3, 0.4) is 0 Å². The lowest BCUT2D eigenvalue weighted by Gasteiger charge is -2.35. The van der Waals surface area contributed by atoms with Crippen LogP contribution in [0.25, 0.3) is 0 Å². The maximum absolute atomic E-state index is 11.5. The van der Waals surface area contributed by atoms with E-state index in [1.807, 2.05) is 32.8 Å². The van der Waals surface area contributed by atoms with Crippen LogP contribution in [0.15, 0.2) is 0 Å². The van der Waals surface area contributed by atoms with Gasteiger partial charge in [-0.2, -0.15) is 0 Å². The molecule has 2 nitrogen and oxygen atoms in total. The van der Waals surface area contributed by atoms with Crippen LogP contribution in [-0.4, -0.2) is 30.3 Å². The van der Waals surface area contributed by atoms with Gasteiger partial charge in [-0.15, -0.1) is 6.42 Å². The fraction of sp³-hybridized carbons (Fsp3) is 0.700.